The Labute approximate surface area is 125 Å². The van der Waals surface area contributed by atoms with Crippen molar-refractivity contribution in [2.24, 2.45) is 0 Å². The van der Waals surface area contributed by atoms with Gasteiger partial charge in [0.05, 0.1) is 16.9 Å². The van der Waals surface area contributed by atoms with Gasteiger partial charge in [-0.3, -0.25) is 0 Å². The zero-order valence-corrected chi connectivity index (χ0v) is 12.0. The fourth-order valence-electron chi connectivity index (χ4n) is 2.68. The summed E-state index contributed by atoms with van der Waals surface area (Å²) < 4.78 is 39.8. The number of rotatable bonds is 1. The summed E-state index contributed by atoms with van der Waals surface area (Å²) in [5, 5.41) is 4.86. The van der Waals surface area contributed by atoms with Gasteiger partial charge in [-0.15, -0.1) is 0 Å². The Morgan fingerprint density at radius 3 is 2.62 bits per heavy atom. The van der Waals surface area contributed by atoms with E-state index in [0.29, 0.717) is 10.8 Å². The predicted octanol–water partition coefficient (Wildman–Crippen LogP) is 4.81. The second-order valence-corrected chi connectivity index (χ2v) is 5.59. The van der Waals surface area contributed by atoms with E-state index in [1.54, 1.807) is 6.07 Å². The van der Waals surface area contributed by atoms with E-state index < -0.39 is 11.7 Å². The minimum absolute atomic E-state index is 0.350. The van der Waals surface area contributed by atoms with Gasteiger partial charge in [0.25, 0.3) is 0 Å². The summed E-state index contributed by atoms with van der Waals surface area (Å²) in [6, 6.07) is 5.10. The first kappa shape index (κ1) is 14.4. The van der Waals surface area contributed by atoms with Crippen LogP contribution < -0.4 is 0 Å². The molecule has 0 N–H and O–H groups in total. The van der Waals surface area contributed by atoms with Gasteiger partial charge in [0, 0.05) is 5.56 Å². The normalized spacial score (nSPS) is 15.6. The summed E-state index contributed by atoms with van der Waals surface area (Å²) in [6.45, 7) is 0. The number of hydrogen-bond donors (Lipinski definition) is 0. The molecule has 6 heteroatoms. The maximum atomic E-state index is 12.8. The molecule has 2 nitrogen and oxygen atoms in total. The Bertz CT molecular complexity index is 661. The van der Waals surface area contributed by atoms with Gasteiger partial charge in [-0.05, 0) is 43.9 Å². The zero-order valence-electron chi connectivity index (χ0n) is 11.3. The Morgan fingerprint density at radius 1 is 1.10 bits per heavy atom. The molecule has 1 aliphatic carbocycles. The number of hydrogen-bond acceptors (Lipinski definition) is 1. The summed E-state index contributed by atoms with van der Waals surface area (Å²) in [4.78, 5) is 0. The molecule has 1 aromatic carbocycles. The molecule has 0 bridgehead atoms. The fourth-order valence-corrected chi connectivity index (χ4v) is 3.02. The number of alkyl halides is 3. The van der Waals surface area contributed by atoms with Crippen LogP contribution in [-0.2, 0) is 19.0 Å². The number of benzene rings is 1. The Kier molecular flexibility index (Phi) is 3.69. The highest BCUT2D eigenvalue weighted by Gasteiger charge is 2.31. The largest absolute Gasteiger partial charge is 0.416 e. The zero-order chi connectivity index (χ0) is 15.0. The Balaban J connectivity index is 2.05. The molecule has 112 valence electrons. The number of fused-ring (bicyclic) bond motifs is 1. The van der Waals surface area contributed by atoms with E-state index in [1.165, 1.54) is 10.7 Å². The van der Waals surface area contributed by atoms with Crippen molar-refractivity contribution in [3.05, 3.63) is 46.2 Å². The van der Waals surface area contributed by atoms with Gasteiger partial charge in [-0.1, -0.05) is 24.1 Å². The topological polar surface area (TPSA) is 17.8 Å². The fraction of sp³-hybridized carbons (Fsp3) is 0.400. The molecular weight excluding hydrogens is 301 g/mol. The van der Waals surface area contributed by atoms with Crippen molar-refractivity contribution in [1.82, 2.24) is 9.78 Å². The van der Waals surface area contributed by atoms with Crippen molar-refractivity contribution in [3.63, 3.8) is 0 Å². The summed E-state index contributed by atoms with van der Waals surface area (Å²) >= 11 is 6.34. The smallest absolute Gasteiger partial charge is 0.222 e. The minimum atomic E-state index is -4.37. The second-order valence-electron chi connectivity index (χ2n) is 5.24. The monoisotopic (exact) mass is 314 g/mol. The third-order valence-electron chi connectivity index (χ3n) is 3.76. The lowest BCUT2D eigenvalue weighted by atomic mass is 10.1. The molecule has 0 saturated carbocycles. The van der Waals surface area contributed by atoms with E-state index in [1.807, 2.05) is 0 Å². The molecule has 0 radical (unpaired) electrons. The van der Waals surface area contributed by atoms with E-state index in [-0.39, 0.29) is 0 Å². The molecule has 21 heavy (non-hydrogen) atoms. The van der Waals surface area contributed by atoms with E-state index in [4.69, 9.17) is 11.6 Å². The SMILES string of the molecule is FC(F)(F)c1cccc(-n2nc3c(c2Cl)CCCCC3)c1. The van der Waals surface area contributed by atoms with Gasteiger partial charge >= 0.3 is 6.18 Å². The molecule has 1 heterocycles. The molecule has 0 saturated heterocycles. The highest BCUT2D eigenvalue weighted by atomic mass is 35.5. The maximum absolute atomic E-state index is 12.8. The molecule has 0 unspecified atom stereocenters. The Morgan fingerprint density at radius 2 is 1.86 bits per heavy atom. The molecule has 3 rings (SSSR count). The van der Waals surface area contributed by atoms with Crippen LogP contribution in [0.4, 0.5) is 13.2 Å². The molecule has 0 atom stereocenters. The molecule has 1 aliphatic rings. The van der Waals surface area contributed by atoms with Crippen LogP contribution in [0.5, 0.6) is 0 Å². The van der Waals surface area contributed by atoms with Gasteiger partial charge in [-0.25, -0.2) is 4.68 Å². The standard InChI is InChI=1S/C15H14ClF3N2/c16-14-12-7-2-1-3-8-13(12)20-21(14)11-6-4-5-10(9-11)15(17,18)19/h4-6,9H,1-3,7-8H2. The molecule has 2 aromatic rings. The van der Waals surface area contributed by atoms with Crippen molar-refractivity contribution in [1.29, 1.82) is 0 Å². The summed E-state index contributed by atoms with van der Waals surface area (Å²) in [7, 11) is 0. The molecule has 0 aliphatic heterocycles. The van der Waals surface area contributed by atoms with Crippen LogP contribution in [0.25, 0.3) is 5.69 Å². The summed E-state index contributed by atoms with van der Waals surface area (Å²) in [5.41, 5.74) is 1.55. The van der Waals surface area contributed by atoms with E-state index in [9.17, 15) is 13.2 Å². The second kappa shape index (κ2) is 5.37. The van der Waals surface area contributed by atoms with Gasteiger partial charge in [0.1, 0.15) is 5.15 Å². The minimum Gasteiger partial charge on any atom is -0.222 e. The van der Waals surface area contributed by atoms with E-state index >= 15 is 0 Å². The van der Waals surface area contributed by atoms with Gasteiger partial charge in [-0.2, -0.15) is 18.3 Å². The molecule has 1 aromatic heterocycles. The Hall–Kier alpha value is -1.49. The third-order valence-corrected chi connectivity index (χ3v) is 4.15. The average Bonchev–Trinajstić information content (AvgIpc) is 2.63. The lowest BCUT2D eigenvalue weighted by Gasteiger charge is -2.09. The van der Waals surface area contributed by atoms with Crippen molar-refractivity contribution >= 4 is 11.6 Å². The van der Waals surface area contributed by atoms with E-state index in [0.717, 1.165) is 55.5 Å². The number of nitrogens with zero attached hydrogens (tertiary/aromatic N) is 2. The van der Waals surface area contributed by atoms with Crippen LogP contribution in [-0.4, -0.2) is 9.78 Å². The maximum Gasteiger partial charge on any atom is 0.416 e. The number of aryl methyl sites for hydroxylation is 1. The van der Waals surface area contributed by atoms with E-state index in [2.05, 4.69) is 5.10 Å². The first-order valence-electron chi connectivity index (χ1n) is 6.91. The predicted molar refractivity (Wildman–Crippen MR) is 74.8 cm³/mol. The lowest BCUT2D eigenvalue weighted by molar-refractivity contribution is -0.137. The van der Waals surface area contributed by atoms with Crippen LogP contribution >= 0.6 is 11.6 Å². The van der Waals surface area contributed by atoms with Crippen LogP contribution in [0.15, 0.2) is 24.3 Å². The van der Waals surface area contributed by atoms with Gasteiger partial charge < -0.3 is 0 Å². The van der Waals surface area contributed by atoms with Crippen molar-refractivity contribution in [2.75, 3.05) is 0 Å². The van der Waals surface area contributed by atoms with Crippen molar-refractivity contribution in [2.45, 2.75) is 38.3 Å². The number of aromatic nitrogens is 2. The van der Waals surface area contributed by atoms with Crippen molar-refractivity contribution in [3.8, 4) is 5.69 Å². The highest BCUT2D eigenvalue weighted by molar-refractivity contribution is 6.30. The van der Waals surface area contributed by atoms with Crippen LogP contribution in [0.2, 0.25) is 5.15 Å². The lowest BCUT2D eigenvalue weighted by Crippen LogP contribution is -2.06. The average molecular weight is 315 g/mol. The van der Waals surface area contributed by atoms with Crippen molar-refractivity contribution < 1.29 is 13.2 Å². The molecular formula is C15H14ClF3N2. The molecule has 0 fully saturated rings. The van der Waals surface area contributed by atoms with Gasteiger partial charge in [0.15, 0.2) is 0 Å². The van der Waals surface area contributed by atoms with Gasteiger partial charge in [0.2, 0.25) is 0 Å². The third kappa shape index (κ3) is 2.79. The van der Waals surface area contributed by atoms with Crippen LogP contribution in [0.1, 0.15) is 36.1 Å². The highest BCUT2D eigenvalue weighted by Crippen LogP contribution is 2.33. The first-order chi connectivity index (χ1) is 9.97. The summed E-state index contributed by atoms with van der Waals surface area (Å²) in [5.74, 6) is 0. The quantitative estimate of drug-likeness (QED) is 0.690. The molecule has 0 amide bonds. The summed E-state index contributed by atoms with van der Waals surface area (Å²) in [6.07, 6.45) is 0.529. The molecule has 0 spiro atoms. The first-order valence-corrected chi connectivity index (χ1v) is 7.28. The van der Waals surface area contributed by atoms with Crippen LogP contribution in [0, 0.1) is 0 Å². The number of halogens is 4. The van der Waals surface area contributed by atoms with Crippen LogP contribution in [0.3, 0.4) is 0 Å².